The van der Waals surface area contributed by atoms with E-state index in [1.807, 2.05) is 24.9 Å². The topological polar surface area (TPSA) is 77.9 Å². The highest BCUT2D eigenvalue weighted by atomic mass is 79.9. The molecule has 1 fully saturated rings. The van der Waals surface area contributed by atoms with E-state index in [1.165, 1.54) is 0 Å². The first kappa shape index (κ1) is 18.5. The van der Waals surface area contributed by atoms with E-state index in [0.717, 1.165) is 64.2 Å². The molecule has 0 unspecified atom stereocenters. The number of halogens is 1. The van der Waals surface area contributed by atoms with Gasteiger partial charge in [0, 0.05) is 34.2 Å². The summed E-state index contributed by atoms with van der Waals surface area (Å²) >= 11 is 5.19. The number of aromatic nitrogens is 1. The normalized spacial score (nSPS) is 20.0. The van der Waals surface area contributed by atoms with E-state index < -0.39 is 10.0 Å². The number of nitrogens with zero attached hydrogens (tertiary/aromatic N) is 4. The predicted molar refractivity (Wildman–Crippen MR) is 115 cm³/mol. The van der Waals surface area contributed by atoms with Crippen molar-refractivity contribution in [1.29, 1.82) is 0 Å². The number of thiazole rings is 1. The van der Waals surface area contributed by atoms with Crippen molar-refractivity contribution in [2.75, 3.05) is 22.9 Å². The third-order valence-electron chi connectivity index (χ3n) is 5.25. The van der Waals surface area contributed by atoms with E-state index >= 15 is 0 Å². The molecular weight excluding hydrogens is 462 g/mol. The number of hydrogen-bond donors (Lipinski definition) is 1. The number of anilines is 3. The molecule has 0 amide bonds. The second kappa shape index (κ2) is 6.25. The Balaban J connectivity index is 1.67. The monoisotopic (exact) mass is 481 g/mol. The van der Waals surface area contributed by atoms with Crippen LogP contribution >= 0.6 is 27.3 Å². The minimum Gasteiger partial charge on any atom is -0.309 e. The lowest BCUT2D eigenvalue weighted by Crippen LogP contribution is -2.39. The average Bonchev–Trinajstić information content (AvgIpc) is 3.05. The molecule has 10 heteroatoms. The second-order valence-corrected chi connectivity index (χ2v) is 11.5. The van der Waals surface area contributed by atoms with E-state index in [9.17, 15) is 8.42 Å². The third kappa shape index (κ3) is 2.97. The summed E-state index contributed by atoms with van der Waals surface area (Å²) in [5, 5.41) is 0.797. The summed E-state index contributed by atoms with van der Waals surface area (Å²) in [6, 6.07) is 3.43. The Labute approximate surface area is 176 Å². The van der Waals surface area contributed by atoms with Crippen LogP contribution in [0.5, 0.6) is 0 Å². The van der Waals surface area contributed by atoms with Crippen LogP contribution in [0.15, 0.2) is 32.7 Å². The predicted octanol–water partition coefficient (Wildman–Crippen LogP) is 3.76. The molecule has 0 bridgehead atoms. The molecule has 28 heavy (non-hydrogen) atoms. The molecule has 1 aromatic carbocycles. The van der Waals surface area contributed by atoms with Crippen molar-refractivity contribution in [1.82, 2.24) is 9.71 Å². The Kier molecular flexibility index (Phi) is 4.14. The maximum absolute atomic E-state index is 13.0. The zero-order chi connectivity index (χ0) is 19.7. The highest BCUT2D eigenvalue weighted by Crippen LogP contribution is 2.49. The van der Waals surface area contributed by atoms with Gasteiger partial charge in [-0.1, -0.05) is 0 Å². The third-order valence-corrected chi connectivity index (χ3v) is 8.37. The quantitative estimate of drug-likeness (QED) is 0.718. The lowest BCUT2D eigenvalue weighted by molar-refractivity contribution is 0.558. The van der Waals surface area contributed by atoms with Crippen LogP contribution in [0.4, 0.5) is 16.5 Å². The molecule has 5 rings (SSSR count). The molecule has 0 spiro atoms. The molecule has 1 aliphatic carbocycles. The fraction of sp³-hybridized carbons (Fsp3) is 0.444. The lowest BCUT2D eigenvalue weighted by atomic mass is 10.2. The van der Waals surface area contributed by atoms with Crippen molar-refractivity contribution >= 4 is 59.8 Å². The van der Waals surface area contributed by atoms with E-state index in [0.29, 0.717) is 0 Å². The van der Waals surface area contributed by atoms with Crippen LogP contribution in [0.25, 0.3) is 0 Å². The highest BCUT2D eigenvalue weighted by Gasteiger charge is 2.43. The van der Waals surface area contributed by atoms with Gasteiger partial charge in [0.2, 0.25) is 16.0 Å². The molecule has 0 saturated heterocycles. The SMILES string of the molecule is Cc1cnc(N2C3=NCCCN3c3c(Br)cc(S(=O)(=O)NC4(C)CC4)cc32)s1. The number of guanidine groups is 1. The van der Waals surface area contributed by atoms with Gasteiger partial charge in [-0.05, 0) is 61.2 Å². The zero-order valence-electron chi connectivity index (χ0n) is 15.6. The van der Waals surface area contributed by atoms with E-state index in [-0.39, 0.29) is 10.4 Å². The summed E-state index contributed by atoms with van der Waals surface area (Å²) in [5.74, 6) is 0.813. The Hall–Kier alpha value is -1.49. The molecule has 1 N–H and O–H groups in total. The summed E-state index contributed by atoms with van der Waals surface area (Å²) in [6.45, 7) is 5.54. The number of sulfonamides is 1. The number of nitrogens with one attached hydrogen (secondary N) is 1. The minimum atomic E-state index is -3.61. The molecule has 0 radical (unpaired) electrons. The number of aryl methyl sites for hydroxylation is 1. The molecule has 148 valence electrons. The number of fused-ring (bicyclic) bond motifs is 3. The first-order chi connectivity index (χ1) is 13.3. The number of aliphatic imine (C=N–C) groups is 1. The Morgan fingerprint density at radius 3 is 2.79 bits per heavy atom. The zero-order valence-corrected chi connectivity index (χ0v) is 18.8. The van der Waals surface area contributed by atoms with Crippen LogP contribution in [-0.4, -0.2) is 38.0 Å². The molecule has 1 saturated carbocycles. The van der Waals surface area contributed by atoms with E-state index in [4.69, 9.17) is 4.99 Å². The maximum Gasteiger partial charge on any atom is 0.241 e. The van der Waals surface area contributed by atoms with Crippen LogP contribution in [-0.2, 0) is 10.0 Å². The molecule has 7 nitrogen and oxygen atoms in total. The molecule has 0 atom stereocenters. The van der Waals surface area contributed by atoms with Crippen molar-refractivity contribution in [3.63, 3.8) is 0 Å². The number of hydrogen-bond acceptors (Lipinski definition) is 7. The minimum absolute atomic E-state index is 0.255. The van der Waals surface area contributed by atoms with Gasteiger partial charge in [0.15, 0.2) is 5.13 Å². The molecule has 2 aromatic rings. The van der Waals surface area contributed by atoms with Gasteiger partial charge < -0.3 is 4.90 Å². The van der Waals surface area contributed by atoms with Gasteiger partial charge in [-0.25, -0.2) is 18.1 Å². The number of rotatable bonds is 4. The molecular formula is C18H20BrN5O2S2. The van der Waals surface area contributed by atoms with Crippen LogP contribution < -0.4 is 14.5 Å². The van der Waals surface area contributed by atoms with Crippen molar-refractivity contribution in [3.8, 4) is 0 Å². The highest BCUT2D eigenvalue weighted by molar-refractivity contribution is 9.10. The van der Waals surface area contributed by atoms with Gasteiger partial charge in [-0.15, -0.1) is 11.3 Å². The summed E-state index contributed by atoms with van der Waals surface area (Å²) in [7, 11) is -3.61. The fourth-order valence-electron chi connectivity index (χ4n) is 3.57. The van der Waals surface area contributed by atoms with Crippen LogP contribution in [0.1, 0.15) is 31.1 Å². The van der Waals surface area contributed by atoms with Gasteiger partial charge in [-0.2, -0.15) is 0 Å². The summed E-state index contributed by atoms with van der Waals surface area (Å²) in [5.41, 5.74) is 1.42. The Morgan fingerprint density at radius 1 is 1.32 bits per heavy atom. The molecule has 3 aliphatic rings. The Bertz CT molecular complexity index is 1110. The largest absolute Gasteiger partial charge is 0.309 e. The van der Waals surface area contributed by atoms with Crippen LogP contribution in [0.2, 0.25) is 0 Å². The molecule has 1 aromatic heterocycles. The van der Waals surface area contributed by atoms with E-state index in [1.54, 1.807) is 23.5 Å². The number of benzene rings is 1. The molecule has 2 aliphatic heterocycles. The first-order valence-electron chi connectivity index (χ1n) is 9.20. The van der Waals surface area contributed by atoms with Crippen LogP contribution in [0, 0.1) is 6.92 Å². The van der Waals surface area contributed by atoms with Crippen molar-refractivity contribution in [2.45, 2.75) is 43.5 Å². The standard InChI is InChI=1S/C18H20BrN5O2S2/c1-11-10-21-17(27-11)24-14-9-12(28(25,26)22-18(2)4-5-18)8-13(19)15(14)23-7-3-6-20-16(23)24/h8-10,22H,3-7H2,1-2H3. The smallest absolute Gasteiger partial charge is 0.241 e. The van der Waals surface area contributed by atoms with Crippen molar-refractivity contribution in [2.24, 2.45) is 4.99 Å². The van der Waals surface area contributed by atoms with Crippen molar-refractivity contribution < 1.29 is 8.42 Å². The second-order valence-electron chi connectivity index (χ2n) is 7.71. The Morgan fingerprint density at radius 2 is 2.11 bits per heavy atom. The summed E-state index contributed by atoms with van der Waals surface area (Å²) in [4.78, 5) is 14.7. The maximum atomic E-state index is 13.0. The van der Waals surface area contributed by atoms with Gasteiger partial charge in [0.25, 0.3) is 0 Å². The lowest BCUT2D eigenvalue weighted by Gasteiger charge is -2.25. The van der Waals surface area contributed by atoms with Crippen molar-refractivity contribution in [3.05, 3.63) is 27.7 Å². The average molecular weight is 482 g/mol. The summed E-state index contributed by atoms with van der Waals surface area (Å²) in [6.07, 6.45) is 4.53. The van der Waals surface area contributed by atoms with Crippen LogP contribution in [0.3, 0.4) is 0 Å². The fourth-order valence-corrected chi connectivity index (χ4v) is 6.66. The van der Waals surface area contributed by atoms with Gasteiger partial charge in [-0.3, -0.25) is 9.89 Å². The van der Waals surface area contributed by atoms with E-state index in [2.05, 4.69) is 30.5 Å². The van der Waals surface area contributed by atoms with Gasteiger partial charge in [0.1, 0.15) is 0 Å². The summed E-state index contributed by atoms with van der Waals surface area (Å²) < 4.78 is 29.6. The molecule has 3 heterocycles. The van der Waals surface area contributed by atoms with Gasteiger partial charge >= 0.3 is 0 Å². The first-order valence-corrected chi connectivity index (χ1v) is 12.3. The van der Waals surface area contributed by atoms with Gasteiger partial charge in [0.05, 0.1) is 16.3 Å².